The fraction of sp³-hybridized carbons (Fsp3) is 0.636. The normalized spacial score (nSPS) is 19.6. The van der Waals surface area contributed by atoms with Gasteiger partial charge in [-0.2, -0.15) is 9.59 Å². The maximum Gasteiger partial charge on any atom is 0.373 e. The van der Waals surface area contributed by atoms with Crippen molar-refractivity contribution in [3.8, 4) is 0 Å². The number of Topliss-reactive ketones (excluding diaryl/α,β-unsaturated/α-hetero) is 1. The molecule has 434 valence electrons. The van der Waals surface area contributed by atoms with Gasteiger partial charge < -0.3 is 25.6 Å². The Balaban J connectivity index is 0.00000438. The number of fused-ring (bicyclic) bond motifs is 5. The Morgan fingerprint density at radius 2 is 1.43 bits per heavy atom. The second-order valence-electron chi connectivity index (χ2n) is 21.3. The lowest BCUT2D eigenvalue weighted by Crippen LogP contribution is -2.50. The van der Waals surface area contributed by atoms with Gasteiger partial charge in [-0.25, -0.2) is 4.98 Å². The number of nitrogens with one attached hydrogen (secondary N) is 3. The van der Waals surface area contributed by atoms with Crippen LogP contribution in [0.15, 0.2) is 23.6 Å². The molecule has 3 aliphatic heterocycles. The Morgan fingerprint density at radius 3 is 1.94 bits per heavy atom. The molecule has 0 radical (unpaired) electrons. The number of benzene rings is 1. The number of carbonyl (C=O) groups excluding carboxylic acids is 12. The van der Waals surface area contributed by atoms with Gasteiger partial charge in [-0.1, -0.05) is 53.5 Å². The quantitative estimate of drug-likeness (QED) is 0.103. The fourth-order valence-corrected chi connectivity index (χ4v) is 13.0. The minimum Gasteiger partial charge on any atom is -0.455 e. The minimum atomic E-state index is -0.885. The highest BCUT2D eigenvalue weighted by Gasteiger charge is 2.42. The Labute approximate surface area is 475 Å². The molecule has 0 aliphatic carbocycles. The van der Waals surface area contributed by atoms with Gasteiger partial charge in [0.15, 0.2) is 11.9 Å². The monoisotopic (exact) mass is 1150 g/mol. The van der Waals surface area contributed by atoms with Crippen LogP contribution in [0.1, 0.15) is 153 Å². The molecule has 2 saturated heterocycles. The molecule has 0 saturated carbocycles. The molecule has 1 aromatic carbocycles. The summed E-state index contributed by atoms with van der Waals surface area (Å²) in [6.45, 7) is 15.0. The Morgan fingerprint density at radius 1 is 0.873 bits per heavy atom. The van der Waals surface area contributed by atoms with Crippen molar-refractivity contribution in [3.63, 3.8) is 0 Å². The fourth-order valence-electron chi connectivity index (χ4n) is 9.49. The summed E-state index contributed by atoms with van der Waals surface area (Å²) in [5.41, 5.74) is 0.672. The van der Waals surface area contributed by atoms with Gasteiger partial charge in [0, 0.05) is 94.1 Å². The number of hydrogen-bond acceptors (Lipinski definition) is 18. The van der Waals surface area contributed by atoms with Gasteiger partial charge in [-0.15, -0.1) is 34.9 Å². The number of hydrogen-bond donors (Lipinski definition) is 3. The van der Waals surface area contributed by atoms with Crippen LogP contribution < -0.4 is 16.0 Å². The molecule has 7 atom stereocenters. The van der Waals surface area contributed by atoms with E-state index >= 15 is 0 Å². The minimum absolute atomic E-state index is 0.00861. The molecule has 0 spiro atoms. The number of anilines is 2. The van der Waals surface area contributed by atoms with Crippen LogP contribution in [-0.4, -0.2) is 157 Å². The number of carbonyl (C=O) groups is 10. The van der Waals surface area contributed by atoms with Crippen LogP contribution in [0.4, 0.5) is 11.4 Å². The van der Waals surface area contributed by atoms with Gasteiger partial charge in [0.2, 0.25) is 41.4 Å². The van der Waals surface area contributed by atoms with Crippen LogP contribution in [0, 0.1) is 17.8 Å². The Hall–Kier alpha value is -5.81. The molecular formula is C55H78N8O13S3. The number of thioether (sulfide) groups is 2. The third-order valence-electron chi connectivity index (χ3n) is 14.9. The van der Waals surface area contributed by atoms with Gasteiger partial charge >= 0.3 is 12.1 Å². The van der Waals surface area contributed by atoms with Gasteiger partial charge in [-0.05, 0) is 83.2 Å². The topological polar surface area (TPSA) is 276 Å². The second kappa shape index (κ2) is 30.7. The average molecular weight is 1160 g/mol. The second-order valence-corrected chi connectivity index (χ2v) is 24.9. The summed E-state index contributed by atoms with van der Waals surface area (Å²) in [6.07, 6.45) is 2.35. The van der Waals surface area contributed by atoms with Crippen LogP contribution in [0.25, 0.3) is 0 Å². The number of imide groups is 2. The first-order valence-electron chi connectivity index (χ1n) is 26.8. The number of nitrogens with zero attached hydrogens (tertiary/aromatic N) is 5. The molecule has 4 heterocycles. The summed E-state index contributed by atoms with van der Waals surface area (Å²) in [5, 5.41) is 9.97. The van der Waals surface area contributed by atoms with Crippen LogP contribution in [0.2, 0.25) is 0 Å². The summed E-state index contributed by atoms with van der Waals surface area (Å²) in [5.74, 6) is -4.09. The van der Waals surface area contributed by atoms with E-state index in [1.54, 1.807) is 35.5 Å². The summed E-state index contributed by atoms with van der Waals surface area (Å²) in [7, 11) is 5.41. The third kappa shape index (κ3) is 18.4. The standard InChI is InChI=1S/C54H78N8O11S3.CO2/c1-12-16-35(55-49(69)39-29-74-50(58-39)41(73-33(6)63)26-40(31(3)4)60(11)51(70)36(32(5)13-2)25-44(64)54(7,8)59(9)10)23-34-19-20-37-38(24-34)57-46(66)18-15-22-62-48(68)28-43(53(62)72)76-30-75-42-27-47(67)61(52(42)71)21-14-17-45(65)56-37;2-1-3/h19-20,24,29,31-32,35-36,40-43H,12-18,21-23,25-28,30H2,1-11H3,(H,55,69)(H,56,65)(H,57,66);/t32-,35+,36-,40+,41+,42?,43?;/m0./s1. The maximum absolute atomic E-state index is 14.4. The zero-order chi connectivity index (χ0) is 58.9. The largest absolute Gasteiger partial charge is 0.455 e. The zero-order valence-electron chi connectivity index (χ0n) is 47.3. The van der Waals surface area contributed by atoms with E-state index in [9.17, 15) is 47.9 Å². The first-order valence-corrected chi connectivity index (χ1v) is 29.8. The number of ether oxygens (including phenoxy) is 1. The highest BCUT2D eigenvalue weighted by atomic mass is 32.2. The van der Waals surface area contributed by atoms with E-state index in [0.29, 0.717) is 47.2 Å². The Bertz CT molecular complexity index is 2580. The van der Waals surface area contributed by atoms with E-state index in [1.807, 2.05) is 67.5 Å². The highest BCUT2D eigenvalue weighted by Crippen LogP contribution is 2.36. The molecule has 2 unspecified atom stereocenters. The van der Waals surface area contributed by atoms with Crippen molar-refractivity contribution in [3.05, 3.63) is 39.8 Å². The van der Waals surface area contributed by atoms with Gasteiger partial charge in [0.1, 0.15) is 10.7 Å². The number of likely N-dealkylation sites (N-methyl/N-ethyl adjacent to an activating group) is 1. The smallest absolute Gasteiger partial charge is 0.373 e. The predicted molar refractivity (Wildman–Crippen MR) is 300 cm³/mol. The lowest BCUT2D eigenvalue weighted by Gasteiger charge is -2.38. The third-order valence-corrected chi connectivity index (χ3v) is 18.4. The molecule has 1 aromatic heterocycles. The molecule has 5 rings (SSSR count). The molecule has 79 heavy (non-hydrogen) atoms. The van der Waals surface area contributed by atoms with Crippen molar-refractivity contribution in [2.75, 3.05) is 50.0 Å². The first kappa shape index (κ1) is 65.7. The molecular weight excluding hydrogens is 1080 g/mol. The lowest BCUT2D eigenvalue weighted by molar-refractivity contribution is -0.192. The van der Waals surface area contributed by atoms with Crippen molar-refractivity contribution in [1.82, 2.24) is 29.9 Å². The number of esters is 1. The summed E-state index contributed by atoms with van der Waals surface area (Å²) in [6, 6.07) is 4.33. The number of rotatable bonds is 19. The van der Waals surface area contributed by atoms with Crippen molar-refractivity contribution >= 4 is 111 Å². The van der Waals surface area contributed by atoms with Crippen molar-refractivity contribution in [1.29, 1.82) is 0 Å². The van der Waals surface area contributed by atoms with Crippen LogP contribution in [-0.2, 0) is 63.9 Å². The maximum atomic E-state index is 14.4. The molecule has 4 bridgehead atoms. The van der Waals surface area contributed by atoms with Crippen molar-refractivity contribution < 1.29 is 62.3 Å². The van der Waals surface area contributed by atoms with Gasteiger partial charge in [0.05, 0.1) is 27.4 Å². The summed E-state index contributed by atoms with van der Waals surface area (Å²) >= 11 is 3.69. The first-order chi connectivity index (χ1) is 37.3. The number of thiazole rings is 1. The molecule has 21 nitrogen and oxygen atoms in total. The van der Waals surface area contributed by atoms with E-state index in [1.165, 1.54) is 51.6 Å². The Kier molecular flexibility index (Phi) is 25.5. The van der Waals surface area contributed by atoms with Crippen molar-refractivity contribution in [2.24, 2.45) is 17.8 Å². The molecule has 2 aromatic rings. The molecule has 24 heteroatoms. The van der Waals surface area contributed by atoms with Crippen LogP contribution in [0.5, 0.6) is 0 Å². The highest BCUT2D eigenvalue weighted by molar-refractivity contribution is 8.17. The number of amides is 8. The van der Waals surface area contributed by atoms with Crippen LogP contribution in [0.3, 0.4) is 0 Å². The van der Waals surface area contributed by atoms with E-state index in [4.69, 9.17) is 14.3 Å². The van der Waals surface area contributed by atoms with Gasteiger partial charge in [0.25, 0.3) is 5.91 Å². The summed E-state index contributed by atoms with van der Waals surface area (Å²) < 4.78 is 5.86. The van der Waals surface area contributed by atoms with Crippen molar-refractivity contribution in [2.45, 2.75) is 167 Å². The van der Waals surface area contributed by atoms with E-state index in [2.05, 4.69) is 20.9 Å². The molecule has 2 fully saturated rings. The predicted octanol–water partition coefficient (Wildman–Crippen LogP) is 6.27. The van der Waals surface area contributed by atoms with Crippen LogP contribution >= 0.6 is 34.9 Å². The van der Waals surface area contributed by atoms with E-state index in [0.717, 1.165) is 5.56 Å². The lowest BCUT2D eigenvalue weighted by atomic mass is 9.81. The SMILES string of the molecule is CCC[C@H](Cc1ccc2c(c1)NC(=O)CCCN1C(=O)CC(SCSC3CC(=O)N(CCCC(=O)N2)C3=O)C1=O)NC(=O)c1csc([C@@H](C[C@H](C(C)C)N(C)C(=O)[C@@H](CC(=O)C(C)(C)N(C)C)[C@@H](C)CC)OC(C)=O)n1.O=C=O. The van der Waals surface area contributed by atoms with Gasteiger partial charge in [-0.3, -0.25) is 62.6 Å². The molecule has 3 aliphatic rings. The number of ketones is 1. The molecule has 8 amide bonds. The van der Waals surface area contributed by atoms with E-state index in [-0.39, 0.29) is 123 Å². The average Bonchev–Trinajstić information content (AvgIpc) is 4.08. The zero-order valence-corrected chi connectivity index (χ0v) is 49.8. The van der Waals surface area contributed by atoms with E-state index < -0.39 is 63.8 Å². The number of aromatic nitrogens is 1. The molecule has 3 N–H and O–H groups in total. The summed E-state index contributed by atoms with van der Waals surface area (Å²) in [4.78, 5) is 160.